The van der Waals surface area contributed by atoms with E-state index in [4.69, 9.17) is 19.9 Å². The molecule has 0 N–H and O–H groups in total. The molecule has 244 valence electrons. The number of pyridine rings is 1. The van der Waals surface area contributed by atoms with Gasteiger partial charge in [0.25, 0.3) is 0 Å². The Labute approximate surface area is 302 Å². The molecule has 52 heavy (non-hydrogen) atoms. The van der Waals surface area contributed by atoms with Gasteiger partial charge >= 0.3 is 0 Å². The molecule has 9 aromatic rings. The Morgan fingerprint density at radius 1 is 0.212 bits per heavy atom. The molecule has 0 amide bonds. The van der Waals surface area contributed by atoms with Crippen molar-refractivity contribution in [3.63, 3.8) is 0 Å². The predicted molar refractivity (Wildman–Crippen MR) is 213 cm³/mol. The molecule has 0 radical (unpaired) electrons. The third-order valence-electron chi connectivity index (χ3n) is 9.31. The molecule has 2 aromatic heterocycles. The number of aromatic nitrogens is 4. The summed E-state index contributed by atoms with van der Waals surface area (Å²) in [6.45, 7) is 0. The van der Waals surface area contributed by atoms with Gasteiger partial charge in [-0.25, -0.2) is 19.9 Å². The van der Waals surface area contributed by atoms with E-state index in [1.807, 2.05) is 72.8 Å². The fourth-order valence-electron chi connectivity index (χ4n) is 6.57. The molecular weight excluding hydrogens is 633 g/mol. The molecule has 0 unspecified atom stereocenters. The van der Waals surface area contributed by atoms with Gasteiger partial charge in [-0.05, 0) is 57.3 Å². The quantitative estimate of drug-likeness (QED) is 0.170. The smallest absolute Gasteiger partial charge is 0.164 e. The lowest BCUT2D eigenvalue weighted by Gasteiger charge is -2.12. The number of hydrogen-bond donors (Lipinski definition) is 0. The Morgan fingerprint density at radius 2 is 0.558 bits per heavy atom. The lowest BCUT2D eigenvalue weighted by molar-refractivity contribution is 1.07. The third-order valence-corrected chi connectivity index (χ3v) is 9.31. The van der Waals surface area contributed by atoms with Crippen LogP contribution in [-0.2, 0) is 0 Å². The van der Waals surface area contributed by atoms with Crippen molar-refractivity contribution in [2.75, 3.05) is 0 Å². The highest BCUT2D eigenvalue weighted by Gasteiger charge is 2.13. The maximum Gasteiger partial charge on any atom is 0.164 e. The van der Waals surface area contributed by atoms with Crippen LogP contribution in [0.1, 0.15) is 0 Å². The minimum atomic E-state index is 0.643. The second-order valence-corrected chi connectivity index (χ2v) is 12.8. The van der Waals surface area contributed by atoms with Gasteiger partial charge in [0.2, 0.25) is 0 Å². The molecule has 0 spiro atoms. The van der Waals surface area contributed by atoms with Gasteiger partial charge in [0.05, 0.1) is 11.4 Å². The number of fused-ring (bicyclic) bond motifs is 1. The van der Waals surface area contributed by atoms with Crippen LogP contribution in [0.25, 0.3) is 89.7 Å². The zero-order chi connectivity index (χ0) is 34.7. The van der Waals surface area contributed by atoms with E-state index in [0.29, 0.717) is 17.5 Å². The van der Waals surface area contributed by atoms with E-state index in [9.17, 15) is 0 Å². The zero-order valence-electron chi connectivity index (χ0n) is 28.3. The van der Waals surface area contributed by atoms with Gasteiger partial charge in [0, 0.05) is 27.8 Å². The van der Waals surface area contributed by atoms with Gasteiger partial charge < -0.3 is 0 Å². The molecule has 4 heteroatoms. The molecule has 2 heterocycles. The van der Waals surface area contributed by atoms with E-state index in [1.54, 1.807) is 0 Å². The topological polar surface area (TPSA) is 51.6 Å². The number of rotatable bonds is 7. The summed E-state index contributed by atoms with van der Waals surface area (Å²) in [6.07, 6.45) is 0. The van der Waals surface area contributed by atoms with Gasteiger partial charge in [0.15, 0.2) is 17.5 Å². The van der Waals surface area contributed by atoms with Crippen molar-refractivity contribution in [2.24, 2.45) is 0 Å². The minimum Gasteiger partial charge on any atom is -0.248 e. The Hall–Kier alpha value is -7.04. The summed E-state index contributed by atoms with van der Waals surface area (Å²) < 4.78 is 0. The van der Waals surface area contributed by atoms with Crippen LogP contribution in [0, 0.1) is 0 Å². The van der Waals surface area contributed by atoms with Gasteiger partial charge in [-0.3, -0.25) is 0 Å². The highest BCUT2D eigenvalue weighted by atomic mass is 15.0. The van der Waals surface area contributed by atoms with Crippen molar-refractivity contribution < 1.29 is 0 Å². The standard InChI is InChI=1S/C48H32N4/c1-5-13-35(14-6-1)44-31-43(32-45(49-44)36-15-7-2-8-16-36)41-28-24-34-23-27-40(29-42(34)30-41)33-21-25-39(26-22-33)48-51-46(37-17-9-3-10-18-37)50-47(52-48)38-19-11-4-12-20-38/h1-32H. The van der Waals surface area contributed by atoms with Crippen molar-refractivity contribution >= 4 is 10.8 Å². The summed E-state index contributed by atoms with van der Waals surface area (Å²) in [5, 5.41) is 2.37. The van der Waals surface area contributed by atoms with E-state index >= 15 is 0 Å². The monoisotopic (exact) mass is 664 g/mol. The molecule has 7 aromatic carbocycles. The summed E-state index contributed by atoms with van der Waals surface area (Å²) >= 11 is 0. The van der Waals surface area contributed by atoms with Crippen LogP contribution in [0.3, 0.4) is 0 Å². The molecular formula is C48H32N4. The molecule has 0 atom stereocenters. The molecule has 0 aliphatic rings. The van der Waals surface area contributed by atoms with Crippen LogP contribution >= 0.6 is 0 Å². The fourth-order valence-corrected chi connectivity index (χ4v) is 6.57. The van der Waals surface area contributed by atoms with Gasteiger partial charge in [-0.2, -0.15) is 0 Å². The van der Waals surface area contributed by atoms with E-state index < -0.39 is 0 Å². The van der Waals surface area contributed by atoms with Crippen LogP contribution in [-0.4, -0.2) is 19.9 Å². The molecule has 0 aliphatic heterocycles. The highest BCUT2D eigenvalue weighted by Crippen LogP contribution is 2.34. The summed E-state index contributed by atoms with van der Waals surface area (Å²) in [6, 6.07) is 67.1. The largest absolute Gasteiger partial charge is 0.248 e. The minimum absolute atomic E-state index is 0.643. The Kier molecular flexibility index (Phi) is 8.16. The Bertz CT molecular complexity index is 2530. The van der Waals surface area contributed by atoms with Crippen molar-refractivity contribution in [3.8, 4) is 78.9 Å². The van der Waals surface area contributed by atoms with Gasteiger partial charge in [-0.1, -0.05) is 170 Å². The predicted octanol–water partition coefficient (Wildman–Crippen LogP) is 12.1. The first-order chi connectivity index (χ1) is 25.7. The van der Waals surface area contributed by atoms with Crippen molar-refractivity contribution in [1.82, 2.24) is 19.9 Å². The van der Waals surface area contributed by atoms with Crippen LogP contribution in [0.5, 0.6) is 0 Å². The van der Waals surface area contributed by atoms with Crippen molar-refractivity contribution in [3.05, 3.63) is 194 Å². The fraction of sp³-hybridized carbons (Fsp3) is 0. The second kappa shape index (κ2) is 13.7. The Morgan fingerprint density at radius 3 is 1.00 bits per heavy atom. The van der Waals surface area contributed by atoms with Gasteiger partial charge in [-0.15, -0.1) is 0 Å². The summed E-state index contributed by atoms with van der Waals surface area (Å²) in [5.74, 6) is 1.95. The van der Waals surface area contributed by atoms with Crippen molar-refractivity contribution in [1.29, 1.82) is 0 Å². The third kappa shape index (κ3) is 6.37. The molecule has 4 nitrogen and oxygen atoms in total. The van der Waals surface area contributed by atoms with E-state index in [0.717, 1.165) is 61.5 Å². The first kappa shape index (κ1) is 31.0. The first-order valence-corrected chi connectivity index (χ1v) is 17.4. The summed E-state index contributed by atoms with van der Waals surface area (Å²) in [5.41, 5.74) is 11.5. The molecule has 9 rings (SSSR count). The first-order valence-electron chi connectivity index (χ1n) is 17.4. The number of hydrogen-bond acceptors (Lipinski definition) is 4. The second-order valence-electron chi connectivity index (χ2n) is 12.8. The van der Waals surface area contributed by atoms with E-state index in [1.165, 1.54) is 10.8 Å². The molecule has 0 bridgehead atoms. The molecule has 0 saturated carbocycles. The number of benzene rings is 7. The van der Waals surface area contributed by atoms with E-state index in [-0.39, 0.29) is 0 Å². The van der Waals surface area contributed by atoms with E-state index in [2.05, 4.69) is 121 Å². The maximum absolute atomic E-state index is 5.07. The highest BCUT2D eigenvalue weighted by molar-refractivity contribution is 5.92. The summed E-state index contributed by atoms with van der Waals surface area (Å²) in [7, 11) is 0. The van der Waals surface area contributed by atoms with Crippen LogP contribution in [0.15, 0.2) is 194 Å². The average molecular weight is 665 g/mol. The van der Waals surface area contributed by atoms with Gasteiger partial charge in [0.1, 0.15) is 0 Å². The average Bonchev–Trinajstić information content (AvgIpc) is 3.24. The van der Waals surface area contributed by atoms with Crippen LogP contribution in [0.4, 0.5) is 0 Å². The molecule has 0 fully saturated rings. The maximum atomic E-state index is 5.07. The normalized spacial score (nSPS) is 11.1. The lowest BCUT2D eigenvalue weighted by Crippen LogP contribution is -2.00. The lowest BCUT2D eigenvalue weighted by atomic mass is 9.96. The van der Waals surface area contributed by atoms with Crippen LogP contribution in [0.2, 0.25) is 0 Å². The van der Waals surface area contributed by atoms with Crippen LogP contribution < -0.4 is 0 Å². The Balaban J connectivity index is 1.07. The molecule has 0 saturated heterocycles. The SMILES string of the molecule is c1ccc(-c2cc(-c3ccc4ccc(-c5ccc(-c6nc(-c7ccccc7)nc(-c7ccccc7)n6)cc5)cc4c3)cc(-c3ccccc3)n2)cc1. The van der Waals surface area contributed by atoms with Crippen molar-refractivity contribution in [2.45, 2.75) is 0 Å². The molecule has 0 aliphatic carbocycles. The summed E-state index contributed by atoms with van der Waals surface area (Å²) in [4.78, 5) is 19.7. The number of nitrogens with zero attached hydrogens (tertiary/aromatic N) is 4. The zero-order valence-corrected chi connectivity index (χ0v) is 28.3.